The topological polar surface area (TPSA) is 41.6 Å². The molecule has 31 heavy (non-hydrogen) atoms. The molecule has 166 valence electrons. The Bertz CT molecular complexity index is 975. The van der Waals surface area contributed by atoms with Gasteiger partial charge in [0.1, 0.15) is 23.5 Å². The van der Waals surface area contributed by atoms with Gasteiger partial charge < -0.3 is 4.74 Å². The van der Waals surface area contributed by atoms with Crippen LogP contribution in [0.5, 0.6) is 5.75 Å². The predicted molar refractivity (Wildman–Crippen MR) is 120 cm³/mol. The van der Waals surface area contributed by atoms with Crippen molar-refractivity contribution in [2.75, 3.05) is 13.1 Å². The zero-order chi connectivity index (χ0) is 22.0. The van der Waals surface area contributed by atoms with Crippen LogP contribution in [0.4, 0.5) is 8.78 Å². The second-order valence-electron chi connectivity index (χ2n) is 7.86. The van der Waals surface area contributed by atoms with Gasteiger partial charge in [-0.05, 0) is 67.9 Å². The largest absolute Gasteiger partial charge is 0.487 e. The summed E-state index contributed by atoms with van der Waals surface area (Å²) in [6.45, 7) is 2.03. The van der Waals surface area contributed by atoms with Crippen LogP contribution in [0, 0.1) is 11.6 Å². The third-order valence-electron chi connectivity index (χ3n) is 5.27. The number of carbonyl (C=O) groups excluding carboxylic acids is 1. The molecule has 1 saturated heterocycles. The van der Waals surface area contributed by atoms with Crippen molar-refractivity contribution in [1.29, 1.82) is 0 Å². The molecule has 4 rings (SSSR count). The molecule has 0 radical (unpaired) electrons. The number of benzene rings is 2. The molecule has 1 atom stereocenters. The number of hydrogen-bond donors (Lipinski definition) is 1. The summed E-state index contributed by atoms with van der Waals surface area (Å²) in [6.07, 6.45) is 3.63. The maximum atomic E-state index is 14.6. The molecular weight excluding hydrogens is 465 g/mol. The number of hydrogen-bond acceptors (Lipinski definition) is 4. The number of nitrogens with one attached hydrogen (secondary N) is 1. The molecule has 0 unspecified atom stereocenters. The van der Waals surface area contributed by atoms with Crippen molar-refractivity contribution >= 4 is 41.1 Å². The Hall–Kier alpha value is -1.54. The lowest BCUT2D eigenvalue weighted by Crippen LogP contribution is -2.40. The number of nitrogens with zero attached hydrogens (tertiary/aromatic N) is 1. The van der Waals surface area contributed by atoms with Crippen LogP contribution in [0.2, 0.25) is 10.0 Å². The quantitative estimate of drug-likeness (QED) is 0.498. The van der Waals surface area contributed by atoms with E-state index in [0.29, 0.717) is 23.4 Å². The van der Waals surface area contributed by atoms with Gasteiger partial charge in [0.2, 0.25) is 0 Å². The average molecular weight is 487 g/mol. The monoisotopic (exact) mass is 486 g/mol. The van der Waals surface area contributed by atoms with Crippen molar-refractivity contribution in [3.8, 4) is 5.75 Å². The van der Waals surface area contributed by atoms with E-state index in [2.05, 4.69) is 9.62 Å². The number of piperidine rings is 1. The van der Waals surface area contributed by atoms with E-state index in [1.165, 1.54) is 36.2 Å². The molecule has 0 spiro atoms. The lowest BCUT2D eigenvalue weighted by atomic mass is 10.1. The number of ether oxygens (including phenoxy) is 1. The van der Waals surface area contributed by atoms with Crippen molar-refractivity contribution in [2.45, 2.75) is 43.6 Å². The predicted octanol–water partition coefficient (Wildman–Crippen LogP) is 5.86. The zero-order valence-electron chi connectivity index (χ0n) is 16.7. The first-order valence-corrected chi connectivity index (χ1v) is 11.8. The van der Waals surface area contributed by atoms with Crippen LogP contribution in [0.25, 0.3) is 0 Å². The molecule has 0 aromatic heterocycles. The smallest absolute Gasteiger partial charge is 0.264 e. The molecule has 1 aliphatic heterocycles. The van der Waals surface area contributed by atoms with E-state index in [-0.39, 0.29) is 28.3 Å². The fourth-order valence-electron chi connectivity index (χ4n) is 3.49. The molecule has 2 fully saturated rings. The minimum absolute atomic E-state index is 0.0956. The van der Waals surface area contributed by atoms with Gasteiger partial charge in [0.15, 0.2) is 0 Å². The molecule has 2 aromatic rings. The van der Waals surface area contributed by atoms with Crippen LogP contribution in [0.15, 0.2) is 30.3 Å². The van der Waals surface area contributed by atoms with E-state index >= 15 is 0 Å². The second-order valence-corrected chi connectivity index (χ2v) is 9.78. The highest BCUT2D eigenvalue weighted by molar-refractivity contribution is 7.98. The van der Waals surface area contributed by atoms with Crippen LogP contribution >= 0.6 is 35.1 Å². The molecule has 2 aliphatic rings. The summed E-state index contributed by atoms with van der Waals surface area (Å²) in [6, 6.07) is 6.86. The van der Waals surface area contributed by atoms with Crippen LogP contribution in [0.1, 0.15) is 41.6 Å². The zero-order valence-corrected chi connectivity index (χ0v) is 19.0. The Morgan fingerprint density at radius 2 is 1.97 bits per heavy atom. The van der Waals surface area contributed by atoms with Gasteiger partial charge in [0.05, 0.1) is 10.6 Å². The van der Waals surface area contributed by atoms with Gasteiger partial charge in [-0.25, -0.2) is 8.78 Å². The van der Waals surface area contributed by atoms with Crippen LogP contribution < -0.4 is 9.46 Å². The van der Waals surface area contributed by atoms with Gasteiger partial charge in [-0.2, -0.15) is 0 Å². The SMILES string of the molecule is O=C(NSC1CC1)c1cc(Cl)c(O[C@@H]2CCCN(Cc3ccc(F)cc3Cl)C2)cc1F. The number of carbonyl (C=O) groups is 1. The molecule has 1 aliphatic carbocycles. The molecule has 4 nitrogen and oxygen atoms in total. The number of amides is 1. The van der Waals surface area contributed by atoms with Crippen molar-refractivity contribution in [2.24, 2.45) is 0 Å². The van der Waals surface area contributed by atoms with Crippen molar-refractivity contribution < 1.29 is 18.3 Å². The first kappa shape index (κ1) is 22.6. The van der Waals surface area contributed by atoms with Gasteiger partial charge in [0, 0.05) is 29.4 Å². The fraction of sp³-hybridized carbons (Fsp3) is 0.409. The van der Waals surface area contributed by atoms with Crippen LogP contribution in [0.3, 0.4) is 0 Å². The lowest BCUT2D eigenvalue weighted by Gasteiger charge is -2.33. The van der Waals surface area contributed by atoms with Crippen LogP contribution in [-0.2, 0) is 6.54 Å². The van der Waals surface area contributed by atoms with Gasteiger partial charge >= 0.3 is 0 Å². The first-order valence-electron chi connectivity index (χ1n) is 10.2. The molecule has 1 N–H and O–H groups in total. The van der Waals surface area contributed by atoms with Crippen molar-refractivity contribution in [1.82, 2.24) is 9.62 Å². The third-order valence-corrected chi connectivity index (χ3v) is 7.03. The first-order chi connectivity index (χ1) is 14.9. The van der Waals surface area contributed by atoms with Crippen molar-refractivity contribution in [3.63, 3.8) is 0 Å². The van der Waals surface area contributed by atoms with E-state index in [1.807, 2.05) is 0 Å². The maximum absolute atomic E-state index is 14.6. The summed E-state index contributed by atoms with van der Waals surface area (Å²) in [5.74, 6) is -1.31. The van der Waals surface area contributed by atoms with E-state index < -0.39 is 11.7 Å². The van der Waals surface area contributed by atoms with Gasteiger partial charge in [-0.1, -0.05) is 29.3 Å². The highest BCUT2D eigenvalue weighted by Gasteiger charge is 2.26. The Morgan fingerprint density at radius 3 is 2.71 bits per heavy atom. The second kappa shape index (κ2) is 9.94. The van der Waals surface area contributed by atoms with E-state index in [4.69, 9.17) is 27.9 Å². The number of likely N-dealkylation sites (tertiary alicyclic amines) is 1. The summed E-state index contributed by atoms with van der Waals surface area (Å²) in [5, 5.41) is 1.01. The third kappa shape index (κ3) is 6.04. The lowest BCUT2D eigenvalue weighted by molar-refractivity contribution is 0.0841. The molecule has 1 amide bonds. The number of rotatable bonds is 7. The maximum Gasteiger partial charge on any atom is 0.264 e. The van der Waals surface area contributed by atoms with Gasteiger partial charge in [-0.3, -0.25) is 14.4 Å². The van der Waals surface area contributed by atoms with Crippen LogP contribution in [-0.4, -0.2) is 35.3 Å². The Balaban J connectivity index is 1.38. The fourth-order valence-corrected chi connectivity index (χ4v) is 4.68. The molecule has 1 heterocycles. The van der Waals surface area contributed by atoms with E-state index in [1.54, 1.807) is 6.07 Å². The number of halogens is 4. The van der Waals surface area contributed by atoms with Gasteiger partial charge in [0.25, 0.3) is 5.91 Å². The molecule has 0 bridgehead atoms. The molecule has 1 saturated carbocycles. The normalized spacial score (nSPS) is 19.3. The highest BCUT2D eigenvalue weighted by atomic mass is 35.5. The highest BCUT2D eigenvalue weighted by Crippen LogP contribution is 2.33. The average Bonchev–Trinajstić information content (AvgIpc) is 3.56. The molecule has 9 heteroatoms. The van der Waals surface area contributed by atoms with Crippen molar-refractivity contribution in [3.05, 3.63) is 63.1 Å². The summed E-state index contributed by atoms with van der Waals surface area (Å²) in [5.41, 5.74) is 0.744. The molecular formula is C22H22Cl2F2N2O2S. The Labute approximate surface area is 194 Å². The summed E-state index contributed by atoms with van der Waals surface area (Å²) in [7, 11) is 0. The summed E-state index contributed by atoms with van der Waals surface area (Å²) >= 11 is 13.8. The Kier molecular flexibility index (Phi) is 7.26. The minimum Gasteiger partial charge on any atom is -0.487 e. The van der Waals surface area contributed by atoms with E-state index in [0.717, 1.165) is 37.8 Å². The standard InChI is InChI=1S/C22H22Cl2F2N2O2S/c23-18-8-14(25)4-3-13(18)11-28-7-1-2-15(12-28)30-21-10-20(26)17(9-19(21)24)22(29)27-31-16-5-6-16/h3-4,8-10,15-16H,1-2,5-7,11-12H2,(H,27,29)/t15-/m1/s1. The summed E-state index contributed by atoms with van der Waals surface area (Å²) < 4.78 is 36.5. The molecule has 2 aromatic carbocycles. The van der Waals surface area contributed by atoms with E-state index in [9.17, 15) is 13.6 Å². The Morgan fingerprint density at radius 1 is 1.16 bits per heavy atom. The summed E-state index contributed by atoms with van der Waals surface area (Å²) in [4.78, 5) is 14.4. The minimum atomic E-state index is -0.668. The van der Waals surface area contributed by atoms with Gasteiger partial charge in [-0.15, -0.1) is 0 Å².